The second-order valence-electron chi connectivity index (χ2n) is 7.18. The number of fused-ring (bicyclic) bond motifs is 1. The maximum atomic E-state index is 13.0. The molecule has 0 saturated heterocycles. The molecule has 6 nitrogen and oxygen atoms in total. The first-order valence-corrected chi connectivity index (χ1v) is 8.88. The highest BCUT2D eigenvalue weighted by Crippen LogP contribution is 2.36. The zero-order valence-electron chi connectivity index (χ0n) is 16.6. The van der Waals surface area contributed by atoms with E-state index in [1.165, 1.54) is 0 Å². The van der Waals surface area contributed by atoms with Crippen molar-refractivity contribution in [3.63, 3.8) is 0 Å². The van der Waals surface area contributed by atoms with E-state index in [0.717, 1.165) is 29.4 Å². The predicted molar refractivity (Wildman–Crippen MR) is 104 cm³/mol. The third kappa shape index (κ3) is 4.22. The molecule has 1 atom stereocenters. The second kappa shape index (κ2) is 8.25. The van der Waals surface area contributed by atoms with Crippen molar-refractivity contribution in [1.29, 1.82) is 0 Å². The van der Waals surface area contributed by atoms with Gasteiger partial charge >= 0.3 is 5.97 Å². The number of hydrogen-bond acceptors (Lipinski definition) is 6. The van der Waals surface area contributed by atoms with E-state index in [9.17, 15) is 24.6 Å². The second-order valence-corrected chi connectivity index (χ2v) is 7.18. The molecule has 148 valence electrons. The molecule has 1 aromatic rings. The maximum absolute atomic E-state index is 13.0. The van der Waals surface area contributed by atoms with Crippen LogP contribution in [0, 0.1) is 0 Å². The zero-order chi connectivity index (χ0) is 21.2. The molecular weight excluding hydrogens is 360 g/mol. The summed E-state index contributed by atoms with van der Waals surface area (Å²) in [6, 6.07) is 2.30. The normalized spacial score (nSPS) is 14.0. The van der Waals surface area contributed by atoms with Crippen molar-refractivity contribution in [3.05, 3.63) is 57.7 Å². The number of phenolic OH excluding ortho intramolecular Hbond substituents is 2. The van der Waals surface area contributed by atoms with Crippen LogP contribution in [-0.2, 0) is 9.53 Å². The smallest absolute Gasteiger partial charge is 0.334 e. The summed E-state index contributed by atoms with van der Waals surface area (Å²) in [6.45, 7) is 8.89. The van der Waals surface area contributed by atoms with E-state index in [-0.39, 0.29) is 28.9 Å². The van der Waals surface area contributed by atoms with E-state index in [2.05, 4.69) is 0 Å². The fourth-order valence-corrected chi connectivity index (χ4v) is 2.73. The largest absolute Gasteiger partial charge is 0.507 e. The third-order valence-electron chi connectivity index (χ3n) is 4.58. The van der Waals surface area contributed by atoms with Crippen molar-refractivity contribution in [3.8, 4) is 11.5 Å². The molecule has 0 amide bonds. The quantitative estimate of drug-likeness (QED) is 0.344. The van der Waals surface area contributed by atoms with E-state index in [4.69, 9.17) is 4.74 Å². The number of phenols is 2. The highest BCUT2D eigenvalue weighted by Gasteiger charge is 2.35. The highest BCUT2D eigenvalue weighted by molar-refractivity contribution is 6.27. The summed E-state index contributed by atoms with van der Waals surface area (Å²) in [5.74, 6) is -2.67. The van der Waals surface area contributed by atoms with Crippen LogP contribution < -0.4 is 0 Å². The SMILES string of the molecule is CC(C)=CC[C@H](OC(=O)C(C)=C(C)C)C1=CC(=O)c2c(O)ccc(O)c2C1=O. The van der Waals surface area contributed by atoms with Crippen LogP contribution in [0.3, 0.4) is 0 Å². The first-order valence-electron chi connectivity index (χ1n) is 8.88. The summed E-state index contributed by atoms with van der Waals surface area (Å²) < 4.78 is 5.54. The molecule has 2 N–H and O–H groups in total. The molecule has 1 aromatic carbocycles. The summed E-state index contributed by atoms with van der Waals surface area (Å²) in [7, 11) is 0. The van der Waals surface area contributed by atoms with Crippen LogP contribution >= 0.6 is 0 Å². The molecule has 28 heavy (non-hydrogen) atoms. The van der Waals surface area contributed by atoms with Gasteiger partial charge in [0.25, 0.3) is 0 Å². The van der Waals surface area contributed by atoms with E-state index >= 15 is 0 Å². The lowest BCUT2D eigenvalue weighted by Crippen LogP contribution is -2.29. The van der Waals surface area contributed by atoms with Gasteiger partial charge in [0.1, 0.15) is 17.6 Å². The number of carbonyl (C=O) groups is 3. The van der Waals surface area contributed by atoms with Crippen LogP contribution in [0.5, 0.6) is 11.5 Å². The molecule has 1 aliphatic carbocycles. The molecule has 0 unspecified atom stereocenters. The van der Waals surface area contributed by atoms with Gasteiger partial charge in [-0.05, 0) is 52.8 Å². The molecule has 6 heteroatoms. The molecular formula is C22H24O6. The monoisotopic (exact) mass is 384 g/mol. The Morgan fingerprint density at radius 1 is 1.04 bits per heavy atom. The molecule has 0 heterocycles. The van der Waals surface area contributed by atoms with Gasteiger partial charge < -0.3 is 14.9 Å². The lowest BCUT2D eigenvalue weighted by Gasteiger charge is -2.24. The van der Waals surface area contributed by atoms with Crippen molar-refractivity contribution in [2.24, 2.45) is 0 Å². The molecule has 0 bridgehead atoms. The third-order valence-corrected chi connectivity index (χ3v) is 4.58. The van der Waals surface area contributed by atoms with Crippen LogP contribution in [0.1, 0.15) is 61.8 Å². The lowest BCUT2D eigenvalue weighted by atomic mass is 9.85. The fraction of sp³-hybridized carbons (Fsp3) is 0.318. The first-order chi connectivity index (χ1) is 13.0. The molecule has 0 saturated carbocycles. The van der Waals surface area contributed by atoms with Crippen molar-refractivity contribution in [2.45, 2.75) is 47.1 Å². The number of rotatable bonds is 5. The average molecular weight is 384 g/mol. The van der Waals surface area contributed by atoms with Crippen molar-refractivity contribution < 1.29 is 29.3 Å². The number of hydrogen-bond donors (Lipinski definition) is 2. The summed E-state index contributed by atoms with van der Waals surface area (Å²) >= 11 is 0. The molecule has 2 rings (SSSR count). The van der Waals surface area contributed by atoms with Gasteiger partial charge in [-0.15, -0.1) is 0 Å². The molecule has 1 aliphatic rings. The number of ether oxygens (including phenoxy) is 1. The van der Waals surface area contributed by atoms with Gasteiger partial charge in [-0.3, -0.25) is 9.59 Å². The topological polar surface area (TPSA) is 101 Å². The Morgan fingerprint density at radius 3 is 2.14 bits per heavy atom. The van der Waals surface area contributed by atoms with Gasteiger partial charge in [0.15, 0.2) is 11.6 Å². The number of Topliss-reactive ketones (excluding diaryl/α,β-unsaturated/α-hetero) is 1. The Hall–Kier alpha value is -3.15. The Morgan fingerprint density at radius 2 is 1.61 bits per heavy atom. The van der Waals surface area contributed by atoms with Gasteiger partial charge in [-0.2, -0.15) is 0 Å². The minimum atomic E-state index is -0.997. The Bertz CT molecular complexity index is 938. The summed E-state index contributed by atoms with van der Waals surface area (Å²) in [6.07, 6.45) is 2.07. The van der Waals surface area contributed by atoms with Gasteiger partial charge in [-0.25, -0.2) is 4.79 Å². The van der Waals surface area contributed by atoms with E-state index in [1.54, 1.807) is 26.8 Å². The molecule has 0 aromatic heterocycles. The number of aromatic hydroxyl groups is 2. The highest BCUT2D eigenvalue weighted by atomic mass is 16.5. The van der Waals surface area contributed by atoms with Gasteiger partial charge in [-0.1, -0.05) is 17.2 Å². The molecule has 0 fully saturated rings. The number of allylic oxidation sites excluding steroid dienone is 3. The van der Waals surface area contributed by atoms with Crippen LogP contribution in [0.2, 0.25) is 0 Å². The summed E-state index contributed by atoms with van der Waals surface area (Å²) in [4.78, 5) is 37.9. The van der Waals surface area contributed by atoms with Gasteiger partial charge in [0.05, 0.1) is 11.1 Å². The standard InChI is InChI=1S/C22H24O6/c1-11(2)6-9-18(28-22(27)13(5)12(3)4)14-10-17(25)19-15(23)7-8-16(24)20(19)21(14)26/h6-8,10,18,23-24H,9H2,1-5H3/t18-/m0/s1. The van der Waals surface area contributed by atoms with Crippen LogP contribution in [0.25, 0.3) is 0 Å². The molecule has 0 radical (unpaired) electrons. The number of esters is 1. The van der Waals surface area contributed by atoms with Crippen molar-refractivity contribution in [2.75, 3.05) is 0 Å². The fourth-order valence-electron chi connectivity index (χ4n) is 2.73. The number of ketones is 2. The molecule has 0 spiro atoms. The average Bonchev–Trinajstić information content (AvgIpc) is 2.62. The van der Waals surface area contributed by atoms with Crippen molar-refractivity contribution >= 4 is 17.5 Å². The van der Waals surface area contributed by atoms with E-state index in [0.29, 0.717) is 5.57 Å². The first kappa shape index (κ1) is 21.2. The lowest BCUT2D eigenvalue weighted by molar-refractivity contribution is -0.142. The van der Waals surface area contributed by atoms with Gasteiger partial charge in [0.2, 0.25) is 0 Å². The predicted octanol–water partition coefficient (Wildman–Crippen LogP) is 4.03. The van der Waals surface area contributed by atoms with Gasteiger partial charge in [0, 0.05) is 17.6 Å². The Labute approximate surface area is 163 Å². The van der Waals surface area contributed by atoms with Crippen molar-refractivity contribution in [1.82, 2.24) is 0 Å². The number of carbonyl (C=O) groups excluding carboxylic acids is 3. The molecule has 0 aliphatic heterocycles. The van der Waals surface area contributed by atoms with E-state index < -0.39 is 29.4 Å². The summed E-state index contributed by atoms with van der Waals surface area (Å²) in [5, 5.41) is 20.0. The minimum absolute atomic E-state index is 0.0363. The minimum Gasteiger partial charge on any atom is -0.507 e. The van der Waals surface area contributed by atoms with Crippen LogP contribution in [0.15, 0.2) is 46.6 Å². The van der Waals surface area contributed by atoms with Crippen LogP contribution in [-0.4, -0.2) is 33.9 Å². The number of benzene rings is 1. The zero-order valence-corrected chi connectivity index (χ0v) is 16.6. The summed E-state index contributed by atoms with van der Waals surface area (Å²) in [5.41, 5.74) is 1.58. The Kier molecular flexibility index (Phi) is 6.23. The van der Waals surface area contributed by atoms with E-state index in [1.807, 2.05) is 13.8 Å². The maximum Gasteiger partial charge on any atom is 0.334 e. The Balaban J connectivity index is 2.51. The van der Waals surface area contributed by atoms with Crippen LogP contribution in [0.4, 0.5) is 0 Å².